The van der Waals surface area contributed by atoms with Crippen molar-refractivity contribution in [1.29, 1.82) is 0 Å². The number of carbonyl (C=O) groups excluding carboxylic acids is 1. The average molecular weight is 299 g/mol. The summed E-state index contributed by atoms with van der Waals surface area (Å²) in [6, 6.07) is 14.0. The van der Waals surface area contributed by atoms with Crippen molar-refractivity contribution >= 4 is 11.7 Å². The molecule has 0 spiro atoms. The van der Waals surface area contributed by atoms with E-state index in [0.29, 0.717) is 11.3 Å². The lowest BCUT2D eigenvalue weighted by molar-refractivity contribution is -0.385. The second-order valence-corrected chi connectivity index (χ2v) is 5.20. The van der Waals surface area contributed by atoms with Crippen LogP contribution < -0.4 is 4.74 Å². The van der Waals surface area contributed by atoms with Crippen molar-refractivity contribution in [3.63, 3.8) is 0 Å². The SMILES string of the molecule is Cc1cc(OC(=O)CC(C)c2ccccc2)ccc1[N+](=O)[O-]. The van der Waals surface area contributed by atoms with Gasteiger partial charge in [-0.2, -0.15) is 0 Å². The second kappa shape index (κ2) is 6.85. The van der Waals surface area contributed by atoms with Gasteiger partial charge in [-0.05, 0) is 30.5 Å². The van der Waals surface area contributed by atoms with Crippen molar-refractivity contribution in [2.75, 3.05) is 0 Å². The molecular weight excluding hydrogens is 282 g/mol. The van der Waals surface area contributed by atoms with Gasteiger partial charge in [0.05, 0.1) is 11.3 Å². The molecular formula is C17H17NO4. The van der Waals surface area contributed by atoms with E-state index in [0.717, 1.165) is 5.56 Å². The summed E-state index contributed by atoms with van der Waals surface area (Å²) < 4.78 is 5.26. The van der Waals surface area contributed by atoms with Gasteiger partial charge in [0, 0.05) is 11.6 Å². The van der Waals surface area contributed by atoms with Crippen LogP contribution in [-0.4, -0.2) is 10.9 Å². The third-order valence-electron chi connectivity index (χ3n) is 3.44. The Kier molecular flexibility index (Phi) is 4.88. The Morgan fingerprint density at radius 1 is 1.23 bits per heavy atom. The molecule has 0 heterocycles. The molecule has 0 saturated carbocycles. The minimum atomic E-state index is -0.460. The van der Waals surface area contributed by atoms with Gasteiger partial charge >= 0.3 is 5.97 Å². The highest BCUT2D eigenvalue weighted by Crippen LogP contribution is 2.24. The van der Waals surface area contributed by atoms with Crippen LogP contribution in [0.5, 0.6) is 5.75 Å². The van der Waals surface area contributed by atoms with Gasteiger partial charge in [-0.3, -0.25) is 14.9 Å². The molecule has 0 saturated heterocycles. The normalized spacial score (nSPS) is 11.7. The van der Waals surface area contributed by atoms with Crippen LogP contribution in [0.3, 0.4) is 0 Å². The first kappa shape index (κ1) is 15.7. The summed E-state index contributed by atoms with van der Waals surface area (Å²) in [4.78, 5) is 22.3. The fourth-order valence-corrected chi connectivity index (χ4v) is 2.22. The Labute approximate surface area is 128 Å². The van der Waals surface area contributed by atoms with E-state index in [1.54, 1.807) is 6.92 Å². The summed E-state index contributed by atoms with van der Waals surface area (Å²) in [5.74, 6) is 0.0193. The molecule has 0 amide bonds. The first-order valence-corrected chi connectivity index (χ1v) is 6.98. The van der Waals surface area contributed by atoms with Crippen LogP contribution in [0.2, 0.25) is 0 Å². The number of rotatable bonds is 5. The topological polar surface area (TPSA) is 69.4 Å². The van der Waals surface area contributed by atoms with Crippen LogP contribution in [-0.2, 0) is 4.79 Å². The molecule has 1 atom stereocenters. The first-order chi connectivity index (χ1) is 10.5. The summed E-state index contributed by atoms with van der Waals surface area (Å²) in [5, 5.41) is 10.8. The number of nitrogens with zero attached hydrogens (tertiary/aromatic N) is 1. The second-order valence-electron chi connectivity index (χ2n) is 5.20. The van der Waals surface area contributed by atoms with Gasteiger partial charge in [-0.25, -0.2) is 0 Å². The Balaban J connectivity index is 2.00. The number of carbonyl (C=O) groups is 1. The van der Waals surface area contributed by atoms with Crippen LogP contribution in [0.1, 0.15) is 30.4 Å². The predicted molar refractivity (Wildman–Crippen MR) is 82.9 cm³/mol. The van der Waals surface area contributed by atoms with Crippen molar-refractivity contribution in [1.82, 2.24) is 0 Å². The molecule has 114 valence electrons. The Morgan fingerprint density at radius 3 is 2.50 bits per heavy atom. The Bertz CT molecular complexity index is 682. The number of benzene rings is 2. The molecule has 2 aromatic carbocycles. The number of aryl methyl sites for hydroxylation is 1. The zero-order valence-electron chi connectivity index (χ0n) is 12.5. The van der Waals surface area contributed by atoms with Crippen LogP contribution in [0.25, 0.3) is 0 Å². The lowest BCUT2D eigenvalue weighted by atomic mass is 9.98. The minimum Gasteiger partial charge on any atom is -0.426 e. The van der Waals surface area contributed by atoms with Crippen molar-refractivity contribution in [3.8, 4) is 5.75 Å². The molecule has 0 radical (unpaired) electrons. The molecule has 0 aliphatic carbocycles. The van der Waals surface area contributed by atoms with Gasteiger partial charge in [0.1, 0.15) is 5.75 Å². The molecule has 0 aliphatic heterocycles. The summed E-state index contributed by atoms with van der Waals surface area (Å²) in [7, 11) is 0. The highest BCUT2D eigenvalue weighted by atomic mass is 16.6. The van der Waals surface area contributed by atoms with Crippen molar-refractivity contribution < 1.29 is 14.5 Å². The molecule has 5 heteroatoms. The number of hydrogen-bond acceptors (Lipinski definition) is 4. The molecule has 0 bridgehead atoms. The van der Waals surface area contributed by atoms with Gasteiger partial charge in [-0.15, -0.1) is 0 Å². The highest BCUT2D eigenvalue weighted by Gasteiger charge is 2.15. The maximum Gasteiger partial charge on any atom is 0.311 e. The van der Waals surface area contributed by atoms with E-state index in [4.69, 9.17) is 4.74 Å². The van der Waals surface area contributed by atoms with E-state index in [-0.39, 0.29) is 24.0 Å². The van der Waals surface area contributed by atoms with Gasteiger partial charge in [-0.1, -0.05) is 37.3 Å². The summed E-state index contributed by atoms with van der Waals surface area (Å²) in [5.41, 5.74) is 1.54. The average Bonchev–Trinajstić information content (AvgIpc) is 2.47. The van der Waals surface area contributed by atoms with Gasteiger partial charge in [0.2, 0.25) is 0 Å². The smallest absolute Gasteiger partial charge is 0.311 e. The molecule has 22 heavy (non-hydrogen) atoms. The van der Waals surface area contributed by atoms with E-state index < -0.39 is 4.92 Å². The van der Waals surface area contributed by atoms with Crippen molar-refractivity contribution in [2.24, 2.45) is 0 Å². The number of esters is 1. The first-order valence-electron chi connectivity index (χ1n) is 6.98. The van der Waals surface area contributed by atoms with Crippen LogP contribution in [0, 0.1) is 17.0 Å². The maximum absolute atomic E-state index is 12.0. The van der Waals surface area contributed by atoms with Crippen LogP contribution in [0.4, 0.5) is 5.69 Å². The molecule has 2 aromatic rings. The van der Waals surface area contributed by atoms with Gasteiger partial charge < -0.3 is 4.74 Å². The quantitative estimate of drug-likeness (QED) is 0.362. The van der Waals surface area contributed by atoms with Crippen LogP contribution in [0.15, 0.2) is 48.5 Å². The number of hydrogen-bond donors (Lipinski definition) is 0. The Hall–Kier alpha value is -2.69. The molecule has 1 unspecified atom stereocenters. The van der Waals surface area contributed by atoms with Crippen molar-refractivity contribution in [3.05, 3.63) is 69.8 Å². The van der Waals surface area contributed by atoms with Gasteiger partial charge in [0.15, 0.2) is 0 Å². The predicted octanol–water partition coefficient (Wildman–Crippen LogP) is 4.00. The lowest BCUT2D eigenvalue weighted by Crippen LogP contribution is -2.11. The number of nitro benzene ring substituents is 1. The van der Waals surface area contributed by atoms with E-state index in [9.17, 15) is 14.9 Å². The highest BCUT2D eigenvalue weighted by molar-refractivity contribution is 5.73. The number of nitro groups is 1. The molecule has 0 aliphatic rings. The van der Waals surface area contributed by atoms with E-state index in [1.165, 1.54) is 18.2 Å². The van der Waals surface area contributed by atoms with Crippen LogP contribution >= 0.6 is 0 Å². The third kappa shape index (κ3) is 3.91. The van der Waals surface area contributed by atoms with E-state index in [1.807, 2.05) is 37.3 Å². The molecule has 0 aromatic heterocycles. The zero-order chi connectivity index (χ0) is 16.1. The molecule has 2 rings (SSSR count). The summed E-state index contributed by atoms with van der Waals surface area (Å²) in [6.07, 6.45) is 0.250. The maximum atomic E-state index is 12.0. The van der Waals surface area contributed by atoms with E-state index >= 15 is 0 Å². The molecule has 0 fully saturated rings. The van der Waals surface area contributed by atoms with Gasteiger partial charge in [0.25, 0.3) is 5.69 Å². The van der Waals surface area contributed by atoms with E-state index in [2.05, 4.69) is 0 Å². The Morgan fingerprint density at radius 2 is 1.91 bits per heavy atom. The monoisotopic (exact) mass is 299 g/mol. The standard InChI is InChI=1S/C17H17NO4/c1-12(14-6-4-3-5-7-14)11-17(19)22-15-8-9-16(18(20)21)13(2)10-15/h3-10,12H,11H2,1-2H3. The summed E-state index contributed by atoms with van der Waals surface area (Å²) in [6.45, 7) is 3.57. The third-order valence-corrected chi connectivity index (χ3v) is 3.44. The number of ether oxygens (including phenoxy) is 1. The largest absolute Gasteiger partial charge is 0.426 e. The molecule has 5 nitrogen and oxygen atoms in total. The zero-order valence-corrected chi connectivity index (χ0v) is 12.5. The fourth-order valence-electron chi connectivity index (χ4n) is 2.22. The minimum absolute atomic E-state index is 0.0115. The van der Waals surface area contributed by atoms with Crippen molar-refractivity contribution in [2.45, 2.75) is 26.2 Å². The lowest BCUT2D eigenvalue weighted by Gasteiger charge is -2.11. The summed E-state index contributed by atoms with van der Waals surface area (Å²) >= 11 is 0. The fraction of sp³-hybridized carbons (Fsp3) is 0.235. The molecule has 0 N–H and O–H groups in total.